The predicted octanol–water partition coefficient (Wildman–Crippen LogP) is 5.70. The molecule has 1 aliphatic heterocycles. The van der Waals surface area contributed by atoms with Gasteiger partial charge in [-0.05, 0) is 55.1 Å². The lowest BCUT2D eigenvalue weighted by Gasteiger charge is -2.19. The van der Waals surface area contributed by atoms with Gasteiger partial charge in [-0.3, -0.25) is 14.4 Å². The molecular weight excluding hydrogens is 450 g/mol. The average Bonchev–Trinajstić information content (AvgIpc) is 3.27. The molecule has 2 N–H and O–H groups in total. The van der Waals surface area contributed by atoms with Crippen LogP contribution in [0.15, 0.2) is 84.9 Å². The Kier molecular flexibility index (Phi) is 6.25. The molecule has 6 nitrogen and oxygen atoms in total. The van der Waals surface area contributed by atoms with Gasteiger partial charge in [0, 0.05) is 35.3 Å². The topological polar surface area (TPSA) is 78.5 Å². The van der Waals surface area contributed by atoms with Gasteiger partial charge < -0.3 is 15.5 Å². The number of nitrogens with zero attached hydrogens (tertiary/aromatic N) is 1. The van der Waals surface area contributed by atoms with Gasteiger partial charge in [-0.25, -0.2) is 0 Å². The van der Waals surface area contributed by atoms with Crippen molar-refractivity contribution in [2.75, 3.05) is 22.1 Å². The van der Waals surface area contributed by atoms with Crippen LogP contribution < -0.4 is 15.5 Å². The molecule has 36 heavy (non-hydrogen) atoms. The third-order valence-electron chi connectivity index (χ3n) is 6.58. The third-order valence-corrected chi connectivity index (χ3v) is 6.58. The number of rotatable bonds is 5. The quantitative estimate of drug-likeness (QED) is 0.387. The van der Waals surface area contributed by atoms with Crippen molar-refractivity contribution < 1.29 is 14.4 Å². The first-order valence-electron chi connectivity index (χ1n) is 12.0. The van der Waals surface area contributed by atoms with Crippen LogP contribution >= 0.6 is 0 Å². The minimum Gasteiger partial charge on any atom is -0.326 e. The fourth-order valence-electron chi connectivity index (χ4n) is 4.69. The minimum absolute atomic E-state index is 0.0758. The zero-order valence-electron chi connectivity index (χ0n) is 20.2. The van der Waals surface area contributed by atoms with Gasteiger partial charge in [-0.1, -0.05) is 60.2 Å². The van der Waals surface area contributed by atoms with Gasteiger partial charge in [0.1, 0.15) is 0 Å². The molecule has 0 spiro atoms. The van der Waals surface area contributed by atoms with Crippen molar-refractivity contribution >= 4 is 45.6 Å². The van der Waals surface area contributed by atoms with Crippen LogP contribution in [0.2, 0.25) is 0 Å². The molecule has 6 heteroatoms. The van der Waals surface area contributed by atoms with Crippen molar-refractivity contribution in [3.05, 3.63) is 102 Å². The number of carbonyl (C=O) groups is 3. The molecule has 0 aliphatic carbocycles. The average molecular weight is 478 g/mol. The van der Waals surface area contributed by atoms with Crippen LogP contribution in [-0.2, 0) is 9.59 Å². The lowest BCUT2D eigenvalue weighted by Crippen LogP contribution is -2.28. The molecule has 0 bridgehead atoms. The molecule has 1 heterocycles. The SMILES string of the molecule is Cc1ccc(NC(=O)c2cccc(NC(=O)[C@@H]3CC(=O)N(c4cccc5ccccc45)C3)c2)c(C)c1. The van der Waals surface area contributed by atoms with E-state index in [2.05, 4.69) is 10.6 Å². The number of benzene rings is 4. The number of aryl methyl sites for hydroxylation is 2. The predicted molar refractivity (Wildman–Crippen MR) is 143 cm³/mol. The fraction of sp³-hybridized carbons (Fsp3) is 0.167. The molecule has 1 fully saturated rings. The first kappa shape index (κ1) is 23.3. The Hall–Kier alpha value is -4.45. The summed E-state index contributed by atoms with van der Waals surface area (Å²) in [6, 6.07) is 26.4. The summed E-state index contributed by atoms with van der Waals surface area (Å²) in [4.78, 5) is 40.4. The first-order valence-corrected chi connectivity index (χ1v) is 12.0. The molecule has 0 aromatic heterocycles. The largest absolute Gasteiger partial charge is 0.326 e. The molecule has 5 rings (SSSR count). The molecule has 180 valence electrons. The van der Waals surface area contributed by atoms with Gasteiger partial charge in [0.25, 0.3) is 5.91 Å². The van der Waals surface area contributed by atoms with E-state index in [1.54, 1.807) is 29.2 Å². The van der Waals surface area contributed by atoms with Crippen molar-refractivity contribution in [2.24, 2.45) is 5.92 Å². The van der Waals surface area contributed by atoms with Crippen LogP contribution in [0.3, 0.4) is 0 Å². The number of hydrogen-bond donors (Lipinski definition) is 2. The van der Waals surface area contributed by atoms with Gasteiger partial charge in [-0.2, -0.15) is 0 Å². The van der Waals surface area contributed by atoms with E-state index in [4.69, 9.17) is 0 Å². The van der Waals surface area contributed by atoms with Crippen LogP contribution in [0.5, 0.6) is 0 Å². The molecule has 3 amide bonds. The van der Waals surface area contributed by atoms with Crippen molar-refractivity contribution in [2.45, 2.75) is 20.3 Å². The van der Waals surface area contributed by atoms with Crippen LogP contribution in [0.1, 0.15) is 27.9 Å². The molecule has 0 radical (unpaired) electrons. The number of hydrogen-bond acceptors (Lipinski definition) is 3. The van der Waals surface area contributed by atoms with Gasteiger partial charge in [0.05, 0.1) is 11.6 Å². The Labute approximate surface area is 209 Å². The summed E-state index contributed by atoms with van der Waals surface area (Å²) < 4.78 is 0. The number of nitrogens with one attached hydrogen (secondary N) is 2. The number of fused-ring (bicyclic) bond motifs is 1. The summed E-state index contributed by atoms with van der Waals surface area (Å²) in [5.41, 5.74) is 4.63. The van der Waals surface area contributed by atoms with E-state index in [9.17, 15) is 14.4 Å². The van der Waals surface area contributed by atoms with E-state index in [0.717, 1.165) is 33.3 Å². The smallest absolute Gasteiger partial charge is 0.255 e. The summed E-state index contributed by atoms with van der Waals surface area (Å²) in [5.74, 6) is -1.05. The summed E-state index contributed by atoms with van der Waals surface area (Å²) in [6.45, 7) is 4.26. The Bertz CT molecular complexity index is 1490. The zero-order chi connectivity index (χ0) is 25.2. The second-order valence-electron chi connectivity index (χ2n) is 9.25. The molecule has 1 atom stereocenters. The lowest BCUT2D eigenvalue weighted by molar-refractivity contribution is -0.122. The maximum absolute atomic E-state index is 13.1. The van der Waals surface area contributed by atoms with Gasteiger partial charge >= 0.3 is 0 Å². The highest BCUT2D eigenvalue weighted by molar-refractivity contribution is 6.09. The summed E-state index contributed by atoms with van der Waals surface area (Å²) in [7, 11) is 0. The van der Waals surface area contributed by atoms with Gasteiger partial charge in [-0.15, -0.1) is 0 Å². The van der Waals surface area contributed by atoms with Crippen LogP contribution in [0.4, 0.5) is 17.1 Å². The zero-order valence-corrected chi connectivity index (χ0v) is 20.2. The number of carbonyl (C=O) groups excluding carboxylic acids is 3. The monoisotopic (exact) mass is 477 g/mol. The number of anilines is 3. The Morgan fingerprint density at radius 2 is 1.64 bits per heavy atom. The Morgan fingerprint density at radius 1 is 0.861 bits per heavy atom. The number of amides is 3. The summed E-state index contributed by atoms with van der Waals surface area (Å²) in [5, 5.41) is 7.86. The summed E-state index contributed by atoms with van der Waals surface area (Å²) >= 11 is 0. The van der Waals surface area contributed by atoms with Crippen molar-refractivity contribution in [3.63, 3.8) is 0 Å². The van der Waals surface area contributed by atoms with E-state index in [1.807, 2.05) is 74.5 Å². The fourth-order valence-corrected chi connectivity index (χ4v) is 4.69. The van der Waals surface area contributed by atoms with E-state index in [-0.39, 0.29) is 24.1 Å². The van der Waals surface area contributed by atoms with Gasteiger partial charge in [0.2, 0.25) is 11.8 Å². The standard InChI is InChI=1S/C30H27N3O3/c1-19-13-14-26(20(2)15-19)32-29(35)22-9-5-10-24(16-22)31-30(36)23-17-28(34)33(18-23)27-12-6-8-21-7-3-4-11-25(21)27/h3-16,23H,17-18H2,1-2H3,(H,31,36)(H,32,35)/t23-/m1/s1. The highest BCUT2D eigenvalue weighted by Crippen LogP contribution is 2.32. The Morgan fingerprint density at radius 3 is 2.47 bits per heavy atom. The van der Waals surface area contributed by atoms with Gasteiger partial charge in [0.15, 0.2) is 0 Å². The molecule has 4 aromatic rings. The van der Waals surface area contributed by atoms with Crippen LogP contribution in [0, 0.1) is 19.8 Å². The minimum atomic E-state index is -0.482. The van der Waals surface area contributed by atoms with E-state index < -0.39 is 5.92 Å². The summed E-state index contributed by atoms with van der Waals surface area (Å²) in [6.07, 6.45) is 0.141. The van der Waals surface area contributed by atoms with Crippen LogP contribution in [-0.4, -0.2) is 24.3 Å². The first-order chi connectivity index (χ1) is 17.4. The Balaban J connectivity index is 1.28. The molecule has 0 unspecified atom stereocenters. The van der Waals surface area contributed by atoms with Crippen LogP contribution in [0.25, 0.3) is 10.8 Å². The third kappa shape index (κ3) is 4.70. The van der Waals surface area contributed by atoms with E-state index >= 15 is 0 Å². The normalized spacial score (nSPS) is 15.2. The second kappa shape index (κ2) is 9.66. The van der Waals surface area contributed by atoms with E-state index in [1.165, 1.54) is 0 Å². The molecule has 4 aromatic carbocycles. The molecular formula is C30H27N3O3. The van der Waals surface area contributed by atoms with E-state index in [0.29, 0.717) is 17.8 Å². The maximum Gasteiger partial charge on any atom is 0.255 e. The highest BCUT2D eigenvalue weighted by Gasteiger charge is 2.35. The van der Waals surface area contributed by atoms with Crippen molar-refractivity contribution in [3.8, 4) is 0 Å². The maximum atomic E-state index is 13.1. The highest BCUT2D eigenvalue weighted by atomic mass is 16.2. The lowest BCUT2D eigenvalue weighted by atomic mass is 10.1. The molecule has 1 aliphatic rings. The molecule has 0 saturated carbocycles. The van der Waals surface area contributed by atoms with Crippen molar-refractivity contribution in [1.82, 2.24) is 0 Å². The second-order valence-corrected chi connectivity index (χ2v) is 9.25. The van der Waals surface area contributed by atoms with Crippen molar-refractivity contribution in [1.29, 1.82) is 0 Å². The molecule has 1 saturated heterocycles.